The van der Waals surface area contributed by atoms with Crippen LogP contribution in [-0.4, -0.2) is 35.1 Å². The van der Waals surface area contributed by atoms with Crippen molar-refractivity contribution in [3.63, 3.8) is 0 Å². The summed E-state index contributed by atoms with van der Waals surface area (Å²) in [6.45, 7) is 2.74. The van der Waals surface area contributed by atoms with E-state index in [2.05, 4.69) is 4.98 Å². The van der Waals surface area contributed by atoms with Crippen LogP contribution in [-0.2, 0) is 21.1 Å². The molecule has 4 heterocycles. The number of aryl methyl sites for hydroxylation is 1. The smallest absolute Gasteiger partial charge is 0.267 e. The van der Waals surface area contributed by atoms with Gasteiger partial charge in [-0.2, -0.15) is 0 Å². The van der Waals surface area contributed by atoms with Crippen molar-refractivity contribution >= 4 is 26.5 Å². The minimum Gasteiger partial charge on any atom is -0.376 e. The van der Waals surface area contributed by atoms with Crippen molar-refractivity contribution in [2.45, 2.75) is 42.2 Å². The van der Waals surface area contributed by atoms with Crippen molar-refractivity contribution in [3.8, 4) is 0 Å². The van der Waals surface area contributed by atoms with Gasteiger partial charge < -0.3 is 9.30 Å². The molecule has 4 aromatic rings. The molecular formula is C23H22N4O4S. The van der Waals surface area contributed by atoms with Gasteiger partial charge in [-0.05, 0) is 50.1 Å². The largest absolute Gasteiger partial charge is 0.376 e. The van der Waals surface area contributed by atoms with E-state index in [1.54, 1.807) is 36.5 Å². The Labute approximate surface area is 184 Å². The molecule has 32 heavy (non-hydrogen) atoms. The standard InChI is InChI=1S/C23H22N4O4S/c1-15-7-9-17(10-8-15)32(29,30)19-13-18-22(25-20-6-2-3-11-26(20)23(18)28)27(21(19)24)14-16-5-4-12-31-16/h2-3,6-11,13,16,24H,4-5,12,14H2,1H3. The number of sulfone groups is 1. The van der Waals surface area contributed by atoms with Gasteiger partial charge in [0.1, 0.15) is 21.7 Å². The van der Waals surface area contributed by atoms with Crippen LogP contribution in [0.3, 0.4) is 0 Å². The van der Waals surface area contributed by atoms with Crippen LogP contribution in [0.4, 0.5) is 0 Å². The first-order chi connectivity index (χ1) is 15.4. The van der Waals surface area contributed by atoms with E-state index in [0.717, 1.165) is 18.4 Å². The van der Waals surface area contributed by atoms with Gasteiger partial charge in [0.15, 0.2) is 0 Å². The van der Waals surface area contributed by atoms with Crippen molar-refractivity contribution in [2.75, 3.05) is 6.61 Å². The summed E-state index contributed by atoms with van der Waals surface area (Å²) in [7, 11) is -4.03. The van der Waals surface area contributed by atoms with Gasteiger partial charge >= 0.3 is 0 Å². The lowest BCUT2D eigenvalue weighted by molar-refractivity contribution is 0.0965. The van der Waals surface area contributed by atoms with Crippen molar-refractivity contribution < 1.29 is 13.2 Å². The zero-order valence-corrected chi connectivity index (χ0v) is 18.3. The molecule has 8 nitrogen and oxygen atoms in total. The summed E-state index contributed by atoms with van der Waals surface area (Å²) in [6, 6.07) is 12.9. The van der Waals surface area contributed by atoms with Gasteiger partial charge in [0.2, 0.25) is 9.84 Å². The number of pyridine rings is 2. The molecule has 1 saturated heterocycles. The lowest BCUT2D eigenvalue weighted by Crippen LogP contribution is -2.33. The lowest BCUT2D eigenvalue weighted by atomic mass is 10.2. The summed E-state index contributed by atoms with van der Waals surface area (Å²) in [5.74, 6) is 0. The number of aromatic nitrogens is 3. The fraction of sp³-hybridized carbons (Fsp3) is 0.261. The van der Waals surface area contributed by atoms with E-state index in [9.17, 15) is 13.2 Å². The third kappa shape index (κ3) is 3.34. The number of benzene rings is 1. The third-order valence-corrected chi connectivity index (χ3v) is 7.60. The maximum absolute atomic E-state index is 13.5. The zero-order chi connectivity index (χ0) is 22.5. The molecule has 1 aromatic carbocycles. The molecule has 1 atom stereocenters. The average Bonchev–Trinajstić information content (AvgIpc) is 3.29. The van der Waals surface area contributed by atoms with E-state index in [-0.39, 0.29) is 44.5 Å². The van der Waals surface area contributed by atoms with Crippen LogP contribution in [0.25, 0.3) is 16.7 Å². The van der Waals surface area contributed by atoms with Crippen molar-refractivity contribution in [1.29, 1.82) is 5.41 Å². The van der Waals surface area contributed by atoms with E-state index in [1.807, 2.05) is 6.92 Å². The maximum Gasteiger partial charge on any atom is 0.267 e. The monoisotopic (exact) mass is 450 g/mol. The van der Waals surface area contributed by atoms with Gasteiger partial charge in [0.25, 0.3) is 5.56 Å². The SMILES string of the molecule is Cc1ccc(S(=O)(=O)c2cc3c(=O)n4ccccc4nc3n(CC3CCCO3)c2=N)cc1. The number of ether oxygens (including phenoxy) is 1. The number of fused-ring (bicyclic) bond motifs is 2. The lowest BCUT2D eigenvalue weighted by Gasteiger charge is -2.17. The van der Waals surface area contributed by atoms with Crippen LogP contribution in [0.2, 0.25) is 0 Å². The Balaban J connectivity index is 1.84. The highest BCUT2D eigenvalue weighted by molar-refractivity contribution is 7.91. The van der Waals surface area contributed by atoms with Crippen molar-refractivity contribution in [2.24, 2.45) is 0 Å². The molecule has 0 radical (unpaired) electrons. The second-order valence-electron chi connectivity index (χ2n) is 8.00. The predicted molar refractivity (Wildman–Crippen MR) is 118 cm³/mol. The van der Waals surface area contributed by atoms with Gasteiger partial charge in [-0.25, -0.2) is 13.4 Å². The minimum atomic E-state index is -4.03. The third-order valence-electron chi connectivity index (χ3n) is 5.81. The van der Waals surface area contributed by atoms with E-state index in [0.29, 0.717) is 12.3 Å². The topological polar surface area (TPSA) is 107 Å². The Morgan fingerprint density at radius 1 is 1.19 bits per heavy atom. The van der Waals surface area contributed by atoms with E-state index in [1.165, 1.54) is 27.2 Å². The van der Waals surface area contributed by atoms with Crippen molar-refractivity contribution in [1.82, 2.24) is 14.0 Å². The maximum atomic E-state index is 13.5. The first kappa shape index (κ1) is 20.6. The van der Waals surface area contributed by atoms with Gasteiger partial charge in [0, 0.05) is 12.8 Å². The van der Waals surface area contributed by atoms with Crippen LogP contribution in [0.15, 0.2) is 69.3 Å². The molecule has 0 saturated carbocycles. The normalized spacial score (nSPS) is 16.7. The van der Waals surface area contributed by atoms with Crippen LogP contribution >= 0.6 is 0 Å². The summed E-state index contributed by atoms with van der Waals surface area (Å²) in [5, 5.41) is 8.94. The molecule has 9 heteroatoms. The van der Waals surface area contributed by atoms with Crippen LogP contribution in [0, 0.1) is 12.3 Å². The fourth-order valence-electron chi connectivity index (χ4n) is 4.08. The molecule has 5 rings (SSSR count). The summed E-state index contributed by atoms with van der Waals surface area (Å²) >= 11 is 0. The predicted octanol–water partition coefficient (Wildman–Crippen LogP) is 2.45. The average molecular weight is 451 g/mol. The Morgan fingerprint density at radius 2 is 1.97 bits per heavy atom. The Kier molecular flexibility index (Phi) is 4.94. The number of nitrogens with one attached hydrogen (secondary N) is 1. The van der Waals surface area contributed by atoms with Gasteiger partial charge in [0.05, 0.1) is 22.9 Å². The summed E-state index contributed by atoms with van der Waals surface area (Å²) < 4.78 is 35.6. The van der Waals surface area contributed by atoms with Gasteiger partial charge in [-0.3, -0.25) is 14.6 Å². The molecule has 0 spiro atoms. The number of hydrogen-bond donors (Lipinski definition) is 1. The Morgan fingerprint density at radius 3 is 2.69 bits per heavy atom. The molecule has 1 fully saturated rings. The fourth-order valence-corrected chi connectivity index (χ4v) is 5.47. The molecule has 164 valence electrons. The number of rotatable bonds is 4. The molecule has 1 unspecified atom stereocenters. The Bertz CT molecular complexity index is 1560. The van der Waals surface area contributed by atoms with Crippen molar-refractivity contribution in [3.05, 3.63) is 76.1 Å². The molecule has 0 aliphatic carbocycles. The molecule has 0 bridgehead atoms. The highest BCUT2D eigenvalue weighted by Crippen LogP contribution is 2.22. The second-order valence-corrected chi connectivity index (χ2v) is 9.92. The first-order valence-corrected chi connectivity index (χ1v) is 11.9. The summed E-state index contributed by atoms with van der Waals surface area (Å²) in [6.07, 6.45) is 3.13. The van der Waals surface area contributed by atoms with E-state index < -0.39 is 9.84 Å². The van der Waals surface area contributed by atoms with E-state index >= 15 is 0 Å². The molecule has 1 aliphatic rings. The first-order valence-electron chi connectivity index (χ1n) is 10.4. The summed E-state index contributed by atoms with van der Waals surface area (Å²) in [5.41, 5.74) is 1.05. The number of hydrogen-bond acceptors (Lipinski definition) is 6. The number of nitrogens with zero attached hydrogens (tertiary/aromatic N) is 3. The molecule has 0 amide bonds. The molecule has 1 N–H and O–H groups in total. The quantitative estimate of drug-likeness (QED) is 0.481. The van der Waals surface area contributed by atoms with E-state index in [4.69, 9.17) is 10.1 Å². The van der Waals surface area contributed by atoms with Gasteiger partial charge in [-0.15, -0.1) is 0 Å². The summed E-state index contributed by atoms with van der Waals surface area (Å²) in [4.78, 5) is 17.7. The highest BCUT2D eigenvalue weighted by Gasteiger charge is 2.26. The zero-order valence-electron chi connectivity index (χ0n) is 17.5. The highest BCUT2D eigenvalue weighted by atomic mass is 32.2. The Hall–Kier alpha value is -3.30. The molecular weight excluding hydrogens is 428 g/mol. The van der Waals surface area contributed by atoms with Crippen LogP contribution in [0.1, 0.15) is 18.4 Å². The molecule has 1 aliphatic heterocycles. The van der Waals surface area contributed by atoms with Gasteiger partial charge in [-0.1, -0.05) is 23.8 Å². The van der Waals surface area contributed by atoms with Crippen LogP contribution in [0.5, 0.6) is 0 Å². The van der Waals surface area contributed by atoms with Crippen LogP contribution < -0.4 is 11.0 Å². The minimum absolute atomic E-state index is 0.0773. The molecule has 3 aromatic heterocycles. The second kappa shape index (κ2) is 7.68.